The SMILES string of the molecule is CCCC(C)NCCn1nc2ccccn2c1=O. The Bertz CT molecular complexity index is 557. The number of fused-ring (bicyclic) bond motifs is 1. The number of hydrogen-bond acceptors (Lipinski definition) is 3. The van der Waals surface area contributed by atoms with Crippen molar-refractivity contribution in [1.82, 2.24) is 19.5 Å². The summed E-state index contributed by atoms with van der Waals surface area (Å²) in [5.41, 5.74) is 0.625. The topological polar surface area (TPSA) is 51.3 Å². The molecule has 0 radical (unpaired) electrons. The number of pyridine rings is 1. The highest BCUT2D eigenvalue weighted by atomic mass is 16.2. The molecule has 2 rings (SSSR count). The Hall–Kier alpha value is -1.62. The van der Waals surface area contributed by atoms with Crippen molar-refractivity contribution in [2.75, 3.05) is 6.54 Å². The number of nitrogens with zero attached hydrogens (tertiary/aromatic N) is 3. The number of rotatable bonds is 6. The first kappa shape index (κ1) is 12.8. The van der Waals surface area contributed by atoms with Crippen molar-refractivity contribution in [3.8, 4) is 0 Å². The number of aromatic nitrogens is 3. The standard InChI is InChI=1S/C13H20N4O/c1-3-6-11(2)14-8-10-17-13(18)16-9-5-4-7-12(16)15-17/h4-5,7,9,11,14H,3,6,8,10H2,1-2H3. The summed E-state index contributed by atoms with van der Waals surface area (Å²) in [5, 5.41) is 7.68. The van der Waals surface area contributed by atoms with Crippen LogP contribution in [0.15, 0.2) is 29.2 Å². The molecule has 2 aromatic heterocycles. The molecular formula is C13H20N4O. The predicted octanol–water partition coefficient (Wildman–Crippen LogP) is 1.27. The van der Waals surface area contributed by atoms with Crippen LogP contribution >= 0.6 is 0 Å². The molecule has 2 heterocycles. The predicted molar refractivity (Wildman–Crippen MR) is 71.8 cm³/mol. The molecule has 18 heavy (non-hydrogen) atoms. The van der Waals surface area contributed by atoms with Gasteiger partial charge in [-0.3, -0.25) is 4.40 Å². The average Bonchev–Trinajstić information content (AvgIpc) is 2.68. The largest absolute Gasteiger partial charge is 0.350 e. The van der Waals surface area contributed by atoms with Gasteiger partial charge in [-0.2, -0.15) is 0 Å². The lowest BCUT2D eigenvalue weighted by atomic mass is 10.2. The minimum absolute atomic E-state index is 0.0736. The molecule has 0 bridgehead atoms. The maximum Gasteiger partial charge on any atom is 0.350 e. The van der Waals surface area contributed by atoms with Crippen molar-refractivity contribution in [3.63, 3.8) is 0 Å². The summed E-state index contributed by atoms with van der Waals surface area (Å²) in [4.78, 5) is 12.0. The highest BCUT2D eigenvalue weighted by Gasteiger charge is 2.05. The maximum absolute atomic E-state index is 12.0. The van der Waals surface area contributed by atoms with Crippen LogP contribution in [0.25, 0.3) is 5.65 Å². The van der Waals surface area contributed by atoms with Crippen LogP contribution in [0.5, 0.6) is 0 Å². The van der Waals surface area contributed by atoms with Gasteiger partial charge in [-0.25, -0.2) is 9.48 Å². The summed E-state index contributed by atoms with van der Waals surface area (Å²) in [6.07, 6.45) is 4.07. The maximum atomic E-state index is 12.0. The molecule has 0 aliphatic rings. The molecule has 0 fully saturated rings. The molecule has 1 unspecified atom stereocenters. The van der Waals surface area contributed by atoms with E-state index in [4.69, 9.17) is 0 Å². The van der Waals surface area contributed by atoms with Crippen molar-refractivity contribution >= 4 is 5.65 Å². The first-order valence-electron chi connectivity index (χ1n) is 6.50. The fourth-order valence-electron chi connectivity index (χ4n) is 2.07. The lowest BCUT2D eigenvalue weighted by Crippen LogP contribution is -2.32. The van der Waals surface area contributed by atoms with Gasteiger partial charge in [0.1, 0.15) is 0 Å². The third-order valence-electron chi connectivity index (χ3n) is 3.03. The highest BCUT2D eigenvalue weighted by molar-refractivity contribution is 5.35. The zero-order valence-electron chi connectivity index (χ0n) is 11.0. The van der Waals surface area contributed by atoms with Crippen LogP contribution in [0.3, 0.4) is 0 Å². The van der Waals surface area contributed by atoms with Crippen molar-refractivity contribution in [2.45, 2.75) is 39.3 Å². The number of nitrogens with one attached hydrogen (secondary N) is 1. The van der Waals surface area contributed by atoms with Crippen molar-refractivity contribution in [1.29, 1.82) is 0 Å². The van der Waals surface area contributed by atoms with Gasteiger partial charge in [-0.1, -0.05) is 19.4 Å². The summed E-state index contributed by atoms with van der Waals surface area (Å²) >= 11 is 0. The molecule has 0 amide bonds. The second kappa shape index (κ2) is 5.82. The summed E-state index contributed by atoms with van der Waals surface area (Å²) in [6.45, 7) is 5.71. The van der Waals surface area contributed by atoms with E-state index in [-0.39, 0.29) is 5.69 Å². The van der Waals surface area contributed by atoms with Crippen molar-refractivity contribution < 1.29 is 0 Å². The summed E-state index contributed by atoms with van der Waals surface area (Å²) in [7, 11) is 0. The van der Waals surface area contributed by atoms with Gasteiger partial charge in [-0.05, 0) is 25.5 Å². The molecular weight excluding hydrogens is 228 g/mol. The lowest BCUT2D eigenvalue weighted by Gasteiger charge is -2.11. The molecule has 0 saturated carbocycles. The molecule has 0 saturated heterocycles. The van der Waals surface area contributed by atoms with Crippen LogP contribution < -0.4 is 11.0 Å². The van der Waals surface area contributed by atoms with E-state index in [2.05, 4.69) is 24.3 Å². The van der Waals surface area contributed by atoms with Gasteiger partial charge < -0.3 is 5.32 Å². The van der Waals surface area contributed by atoms with Crippen LogP contribution in [0.1, 0.15) is 26.7 Å². The molecule has 1 atom stereocenters. The van der Waals surface area contributed by atoms with Crippen molar-refractivity contribution in [3.05, 3.63) is 34.9 Å². The summed E-state index contributed by atoms with van der Waals surface area (Å²) in [5.74, 6) is 0. The molecule has 5 nitrogen and oxygen atoms in total. The minimum Gasteiger partial charge on any atom is -0.312 e. The second-order valence-electron chi connectivity index (χ2n) is 4.58. The van der Waals surface area contributed by atoms with E-state index in [1.54, 1.807) is 10.6 Å². The molecule has 98 valence electrons. The zero-order valence-corrected chi connectivity index (χ0v) is 11.0. The van der Waals surface area contributed by atoms with E-state index in [0.717, 1.165) is 13.0 Å². The summed E-state index contributed by atoms with van der Waals surface area (Å²) in [6, 6.07) is 6.04. The zero-order chi connectivity index (χ0) is 13.0. The average molecular weight is 248 g/mol. The Balaban J connectivity index is 2.00. The van der Waals surface area contributed by atoms with Crippen molar-refractivity contribution in [2.24, 2.45) is 0 Å². The Morgan fingerprint density at radius 2 is 2.28 bits per heavy atom. The summed E-state index contributed by atoms with van der Waals surface area (Å²) < 4.78 is 3.08. The van der Waals surface area contributed by atoms with Crippen LogP contribution in [-0.4, -0.2) is 26.8 Å². The van der Waals surface area contributed by atoms with Crippen LogP contribution in [0.4, 0.5) is 0 Å². The first-order valence-corrected chi connectivity index (χ1v) is 6.50. The van der Waals surface area contributed by atoms with Gasteiger partial charge >= 0.3 is 5.69 Å². The molecule has 1 N–H and O–H groups in total. The van der Waals surface area contributed by atoms with E-state index in [9.17, 15) is 4.79 Å². The van der Waals surface area contributed by atoms with Gasteiger partial charge in [-0.15, -0.1) is 5.10 Å². The lowest BCUT2D eigenvalue weighted by molar-refractivity contribution is 0.467. The third-order valence-corrected chi connectivity index (χ3v) is 3.03. The third kappa shape index (κ3) is 2.79. The molecule has 2 aromatic rings. The monoisotopic (exact) mass is 248 g/mol. The molecule has 0 aromatic carbocycles. The fourth-order valence-corrected chi connectivity index (χ4v) is 2.07. The van der Waals surface area contributed by atoms with Gasteiger partial charge in [0.05, 0.1) is 6.54 Å². The van der Waals surface area contributed by atoms with Crippen LogP contribution in [0, 0.1) is 0 Å². The van der Waals surface area contributed by atoms with Gasteiger partial charge in [0.25, 0.3) is 0 Å². The van der Waals surface area contributed by atoms with E-state index in [1.165, 1.54) is 11.1 Å². The van der Waals surface area contributed by atoms with E-state index in [0.29, 0.717) is 18.2 Å². The Morgan fingerprint density at radius 1 is 1.44 bits per heavy atom. The Kier molecular flexibility index (Phi) is 4.15. The Morgan fingerprint density at radius 3 is 3.00 bits per heavy atom. The molecule has 0 aliphatic carbocycles. The number of hydrogen-bond donors (Lipinski definition) is 1. The van der Waals surface area contributed by atoms with Gasteiger partial charge in [0.2, 0.25) is 0 Å². The fraction of sp³-hybridized carbons (Fsp3) is 0.538. The minimum atomic E-state index is -0.0736. The first-order chi connectivity index (χ1) is 8.72. The van der Waals surface area contributed by atoms with E-state index in [1.807, 2.05) is 18.2 Å². The van der Waals surface area contributed by atoms with E-state index >= 15 is 0 Å². The highest BCUT2D eigenvalue weighted by Crippen LogP contribution is 1.96. The van der Waals surface area contributed by atoms with Gasteiger partial charge in [0, 0.05) is 18.8 Å². The van der Waals surface area contributed by atoms with E-state index < -0.39 is 0 Å². The van der Waals surface area contributed by atoms with Crippen LogP contribution in [-0.2, 0) is 6.54 Å². The Labute approximate surface area is 106 Å². The smallest absolute Gasteiger partial charge is 0.312 e. The molecule has 0 aliphatic heterocycles. The molecule has 5 heteroatoms. The van der Waals surface area contributed by atoms with Crippen LogP contribution in [0.2, 0.25) is 0 Å². The molecule has 0 spiro atoms. The quantitative estimate of drug-likeness (QED) is 0.837. The van der Waals surface area contributed by atoms with Gasteiger partial charge in [0.15, 0.2) is 5.65 Å². The normalized spacial score (nSPS) is 13.0. The second-order valence-corrected chi connectivity index (χ2v) is 4.58.